The third-order valence-corrected chi connectivity index (χ3v) is 4.99. The first-order chi connectivity index (χ1) is 11.4. The Balaban J connectivity index is 2.10. The van der Waals surface area contributed by atoms with Gasteiger partial charge in [-0.3, -0.25) is 10.2 Å². The third-order valence-electron chi connectivity index (χ3n) is 4.21. The number of rotatable bonds is 4. The van der Waals surface area contributed by atoms with Crippen LogP contribution in [0.4, 0.5) is 0 Å². The van der Waals surface area contributed by atoms with E-state index in [1.165, 1.54) is 6.07 Å². The van der Waals surface area contributed by atoms with Crippen molar-refractivity contribution in [2.45, 2.75) is 24.6 Å². The normalized spacial score (nSPS) is 17.5. The molecule has 1 aromatic heterocycles. The average Bonchev–Trinajstić information content (AvgIpc) is 2.91. The first-order valence-corrected chi connectivity index (χ1v) is 8.97. The number of nitrogens with two attached hydrogens (primary N) is 1. The van der Waals surface area contributed by atoms with Gasteiger partial charge in [0.05, 0.1) is 22.4 Å². The molecule has 2 atom stereocenters. The number of benzene rings is 1. The maximum atomic E-state index is 11.5. The molecule has 2 aromatic rings. The topological polar surface area (TPSA) is 109 Å². The van der Waals surface area contributed by atoms with Crippen molar-refractivity contribution in [2.24, 2.45) is 5.73 Å². The number of amides is 1. The summed E-state index contributed by atoms with van der Waals surface area (Å²) in [5, 5.41) is 8.60. The van der Waals surface area contributed by atoms with E-state index in [-0.39, 0.29) is 22.8 Å². The number of primary amides is 1. The van der Waals surface area contributed by atoms with Crippen molar-refractivity contribution >= 4 is 28.6 Å². The number of hydrogen-bond acceptors (Lipinski definition) is 3. The second-order valence-electron chi connectivity index (χ2n) is 5.75. The first kappa shape index (κ1) is 16.9. The molecule has 6 nitrogen and oxygen atoms in total. The number of pyridine rings is 1. The van der Waals surface area contributed by atoms with Crippen LogP contribution in [-0.2, 0) is 23.3 Å². The number of nitrogens with one attached hydrogen (secondary N) is 1. The van der Waals surface area contributed by atoms with Crippen molar-refractivity contribution in [3.8, 4) is 0 Å². The van der Waals surface area contributed by atoms with E-state index in [4.69, 9.17) is 27.3 Å². The summed E-state index contributed by atoms with van der Waals surface area (Å²) in [5.74, 6) is -0.639. The molecule has 1 aliphatic rings. The average molecular weight is 366 g/mol. The van der Waals surface area contributed by atoms with E-state index in [9.17, 15) is 9.00 Å². The van der Waals surface area contributed by atoms with Crippen LogP contribution in [0.1, 0.15) is 39.5 Å². The summed E-state index contributed by atoms with van der Waals surface area (Å²) in [5.41, 5.74) is 8.28. The lowest BCUT2D eigenvalue weighted by atomic mass is 10.0. The zero-order valence-electron chi connectivity index (χ0n) is 12.7. The van der Waals surface area contributed by atoms with Gasteiger partial charge in [0, 0.05) is 6.20 Å². The smallest absolute Gasteiger partial charge is 0.252 e. The Kier molecular flexibility index (Phi) is 4.58. The number of fused-ring (bicyclic) bond motifs is 1. The van der Waals surface area contributed by atoms with Crippen LogP contribution >= 0.6 is 11.6 Å². The van der Waals surface area contributed by atoms with Gasteiger partial charge < -0.3 is 14.9 Å². The Labute approximate surface area is 146 Å². The number of nitrogens with zero attached hydrogens (tertiary/aromatic N) is 1. The fourth-order valence-corrected chi connectivity index (χ4v) is 3.84. The van der Waals surface area contributed by atoms with Crippen LogP contribution in [0.15, 0.2) is 30.5 Å². The van der Waals surface area contributed by atoms with Crippen LogP contribution in [0, 0.1) is 5.41 Å². The zero-order chi connectivity index (χ0) is 17.4. The van der Waals surface area contributed by atoms with Gasteiger partial charge in [-0.25, -0.2) is 4.21 Å². The number of carbonyl (C=O) groups is 1. The molecule has 0 saturated carbocycles. The Morgan fingerprint density at radius 3 is 2.88 bits per heavy atom. The van der Waals surface area contributed by atoms with Crippen LogP contribution in [0.3, 0.4) is 0 Å². The largest absolute Gasteiger partial charge is 0.365 e. The standard InChI is InChI=1S/C16H16ClN3O3S/c17-11-6-13(16(19)21)15(18)20(7-11)14-4-3-10-2-1-9(5-12(10)14)8-24(22)23/h1-2,5-7,14,18H,3-4,8H2,(H2,19,21)(H,22,23). The number of halogens is 1. The molecule has 1 aromatic carbocycles. The van der Waals surface area contributed by atoms with E-state index in [1.54, 1.807) is 10.8 Å². The van der Waals surface area contributed by atoms with Crippen molar-refractivity contribution in [1.29, 1.82) is 5.41 Å². The molecule has 0 bridgehead atoms. The van der Waals surface area contributed by atoms with Gasteiger partial charge in [0.1, 0.15) is 5.49 Å². The highest BCUT2D eigenvalue weighted by atomic mass is 35.5. The first-order valence-electron chi connectivity index (χ1n) is 7.32. The summed E-state index contributed by atoms with van der Waals surface area (Å²) in [6.07, 6.45) is 3.20. The summed E-state index contributed by atoms with van der Waals surface area (Å²) in [4.78, 5) is 11.5. The lowest BCUT2D eigenvalue weighted by Crippen LogP contribution is -2.31. The minimum absolute atomic E-state index is 0.0147. The molecule has 1 aliphatic carbocycles. The van der Waals surface area contributed by atoms with Gasteiger partial charge in [-0.2, -0.15) is 0 Å². The maximum absolute atomic E-state index is 11.5. The SMILES string of the molecule is N=c1c(C(N)=O)cc(Cl)cn1C1CCc2ccc(CS(=O)O)cc21. The summed E-state index contributed by atoms with van der Waals surface area (Å²) in [6, 6.07) is 6.91. The van der Waals surface area contributed by atoms with E-state index >= 15 is 0 Å². The van der Waals surface area contributed by atoms with Gasteiger partial charge in [-0.15, -0.1) is 0 Å². The van der Waals surface area contributed by atoms with Crippen LogP contribution in [0.25, 0.3) is 0 Å². The van der Waals surface area contributed by atoms with E-state index in [1.807, 2.05) is 18.2 Å². The van der Waals surface area contributed by atoms with Crippen LogP contribution < -0.4 is 11.2 Å². The summed E-state index contributed by atoms with van der Waals surface area (Å²) >= 11 is 4.17. The minimum atomic E-state index is -1.91. The molecule has 8 heteroatoms. The monoisotopic (exact) mass is 365 g/mol. The molecule has 0 saturated heterocycles. The maximum Gasteiger partial charge on any atom is 0.252 e. The molecule has 0 radical (unpaired) electrons. The zero-order valence-corrected chi connectivity index (χ0v) is 14.2. The number of carbonyl (C=O) groups excluding carboxylic acids is 1. The molecule has 4 N–H and O–H groups in total. The van der Waals surface area contributed by atoms with Crippen molar-refractivity contribution in [1.82, 2.24) is 4.57 Å². The predicted octanol–water partition coefficient (Wildman–Crippen LogP) is 1.98. The van der Waals surface area contributed by atoms with E-state index in [0.717, 1.165) is 29.5 Å². The third kappa shape index (κ3) is 3.15. The molecular formula is C16H16ClN3O3S. The molecule has 0 spiro atoms. The highest BCUT2D eigenvalue weighted by Gasteiger charge is 2.25. The second-order valence-corrected chi connectivity index (χ2v) is 7.11. The molecule has 24 heavy (non-hydrogen) atoms. The minimum Gasteiger partial charge on any atom is -0.365 e. The Hall–Kier alpha value is -1.96. The van der Waals surface area contributed by atoms with Gasteiger partial charge in [-0.05, 0) is 35.6 Å². The highest BCUT2D eigenvalue weighted by molar-refractivity contribution is 7.78. The van der Waals surface area contributed by atoms with Crippen molar-refractivity contribution in [3.63, 3.8) is 0 Å². The van der Waals surface area contributed by atoms with Gasteiger partial charge in [0.15, 0.2) is 11.1 Å². The Bertz CT molecular complexity index is 910. The van der Waals surface area contributed by atoms with E-state index < -0.39 is 17.0 Å². The molecule has 126 valence electrons. The lowest BCUT2D eigenvalue weighted by molar-refractivity contribution is 0.0997. The summed E-state index contributed by atoms with van der Waals surface area (Å²) in [7, 11) is 0. The quantitative estimate of drug-likeness (QED) is 0.720. The second kappa shape index (κ2) is 6.51. The van der Waals surface area contributed by atoms with Crippen LogP contribution in [-0.4, -0.2) is 19.2 Å². The summed E-state index contributed by atoms with van der Waals surface area (Å²) in [6.45, 7) is 0. The molecular weight excluding hydrogens is 350 g/mol. The Morgan fingerprint density at radius 1 is 1.46 bits per heavy atom. The van der Waals surface area contributed by atoms with Crippen molar-refractivity contribution in [2.75, 3.05) is 0 Å². The number of aromatic nitrogens is 1. The predicted molar refractivity (Wildman–Crippen MR) is 91.2 cm³/mol. The molecule has 1 amide bonds. The van der Waals surface area contributed by atoms with Gasteiger partial charge >= 0.3 is 0 Å². The molecule has 3 rings (SSSR count). The molecule has 0 aliphatic heterocycles. The Morgan fingerprint density at radius 2 is 2.21 bits per heavy atom. The van der Waals surface area contributed by atoms with Gasteiger partial charge in [0.25, 0.3) is 5.91 Å². The molecule has 2 unspecified atom stereocenters. The number of aryl methyl sites for hydroxylation is 1. The molecule has 1 heterocycles. The molecule has 0 fully saturated rings. The van der Waals surface area contributed by atoms with E-state index in [2.05, 4.69) is 0 Å². The van der Waals surface area contributed by atoms with Crippen molar-refractivity contribution < 1.29 is 13.6 Å². The highest BCUT2D eigenvalue weighted by Crippen LogP contribution is 2.34. The van der Waals surface area contributed by atoms with Crippen molar-refractivity contribution in [3.05, 3.63) is 63.2 Å². The number of hydrogen-bond donors (Lipinski definition) is 3. The fraction of sp³-hybridized carbons (Fsp3) is 0.250. The fourth-order valence-electron chi connectivity index (χ4n) is 3.16. The van der Waals surface area contributed by atoms with E-state index in [0.29, 0.717) is 5.02 Å². The summed E-state index contributed by atoms with van der Waals surface area (Å²) < 4.78 is 21.8. The lowest BCUT2D eigenvalue weighted by Gasteiger charge is -2.19. The van der Waals surface area contributed by atoms with Gasteiger partial charge in [-0.1, -0.05) is 29.8 Å². The van der Waals surface area contributed by atoms with Crippen LogP contribution in [0.5, 0.6) is 0 Å². The van der Waals surface area contributed by atoms with Gasteiger partial charge in [0.2, 0.25) is 0 Å². The van der Waals surface area contributed by atoms with Crippen LogP contribution in [0.2, 0.25) is 5.02 Å².